The third-order valence-corrected chi connectivity index (χ3v) is 7.91. The average Bonchev–Trinajstić information content (AvgIpc) is 2.90. The number of hydrogen-bond acceptors (Lipinski definition) is 5. The van der Waals surface area contributed by atoms with Gasteiger partial charge in [0, 0.05) is 17.6 Å². The maximum absolute atomic E-state index is 13.8. The maximum Gasteiger partial charge on any atom is 0.264 e. The number of rotatable bonds is 11. The van der Waals surface area contributed by atoms with Crippen molar-refractivity contribution in [3.05, 3.63) is 89.2 Å². The van der Waals surface area contributed by atoms with Gasteiger partial charge in [-0.05, 0) is 80.9 Å². The predicted octanol–water partition coefficient (Wildman–Crippen LogP) is 4.62. The van der Waals surface area contributed by atoms with E-state index < -0.39 is 40.2 Å². The number of nitrogens with one attached hydrogen (secondary N) is 1. The molecule has 8 nitrogen and oxygen atoms in total. The van der Waals surface area contributed by atoms with Gasteiger partial charge in [0.15, 0.2) is 0 Å². The topological polar surface area (TPSA) is 96.0 Å². The summed E-state index contributed by atoms with van der Waals surface area (Å²) >= 11 is 6.17. The van der Waals surface area contributed by atoms with Gasteiger partial charge in [-0.15, -0.1) is 0 Å². The van der Waals surface area contributed by atoms with E-state index in [2.05, 4.69) is 5.32 Å². The van der Waals surface area contributed by atoms with E-state index in [-0.39, 0.29) is 28.2 Å². The zero-order chi connectivity index (χ0) is 28.7. The monoisotopic (exact) mass is 575 g/mol. The van der Waals surface area contributed by atoms with Crippen LogP contribution in [0.1, 0.15) is 26.3 Å². The highest BCUT2D eigenvalue weighted by Gasteiger charge is 2.32. The zero-order valence-corrected chi connectivity index (χ0v) is 23.7. The van der Waals surface area contributed by atoms with Crippen molar-refractivity contribution < 1.29 is 27.1 Å². The molecule has 1 atom stereocenters. The van der Waals surface area contributed by atoms with E-state index in [4.69, 9.17) is 16.3 Å². The number of anilines is 1. The van der Waals surface area contributed by atoms with Crippen LogP contribution in [0.25, 0.3) is 0 Å². The molecule has 1 N–H and O–H groups in total. The van der Waals surface area contributed by atoms with Crippen LogP contribution < -0.4 is 14.4 Å². The number of halogens is 2. The first-order chi connectivity index (χ1) is 18.4. The molecule has 0 fully saturated rings. The Morgan fingerprint density at radius 3 is 2.21 bits per heavy atom. The molecule has 0 saturated carbocycles. The van der Waals surface area contributed by atoms with Gasteiger partial charge in [-0.1, -0.05) is 29.8 Å². The highest BCUT2D eigenvalue weighted by molar-refractivity contribution is 7.92. The SMILES string of the molecule is COc1ccc(S(=O)(=O)N(CC(=O)N(Cc2ccc(F)cc2)[C@H](C)C(=O)NC(C)C)c2cccc(Cl)c2)cc1. The number of carbonyl (C=O) groups excluding carboxylic acids is 2. The minimum atomic E-state index is -4.25. The number of sulfonamides is 1. The van der Waals surface area contributed by atoms with Gasteiger partial charge < -0.3 is 15.0 Å². The summed E-state index contributed by atoms with van der Waals surface area (Å²) in [6.07, 6.45) is 0. The van der Waals surface area contributed by atoms with Gasteiger partial charge in [0.2, 0.25) is 11.8 Å². The number of methoxy groups -OCH3 is 1. The fourth-order valence-corrected chi connectivity index (χ4v) is 5.40. The largest absolute Gasteiger partial charge is 0.497 e. The van der Waals surface area contributed by atoms with Gasteiger partial charge >= 0.3 is 0 Å². The van der Waals surface area contributed by atoms with E-state index in [0.717, 1.165) is 4.31 Å². The molecule has 0 aliphatic rings. The summed E-state index contributed by atoms with van der Waals surface area (Å²) in [5.41, 5.74) is 0.744. The van der Waals surface area contributed by atoms with Crippen LogP contribution in [0, 0.1) is 5.82 Å². The summed E-state index contributed by atoms with van der Waals surface area (Å²) in [6.45, 7) is 4.48. The third kappa shape index (κ3) is 7.70. The molecule has 0 bridgehead atoms. The van der Waals surface area contributed by atoms with Crippen molar-refractivity contribution in [1.82, 2.24) is 10.2 Å². The Kier molecular flexibility index (Phi) is 9.93. The average molecular weight is 576 g/mol. The first-order valence-electron chi connectivity index (χ1n) is 12.2. The van der Waals surface area contributed by atoms with Gasteiger partial charge in [0.1, 0.15) is 24.2 Å². The molecule has 0 saturated heterocycles. The van der Waals surface area contributed by atoms with Crippen molar-refractivity contribution >= 4 is 39.1 Å². The molecule has 3 aromatic rings. The summed E-state index contributed by atoms with van der Waals surface area (Å²) < 4.78 is 47.2. The molecule has 11 heteroatoms. The fourth-order valence-electron chi connectivity index (χ4n) is 3.81. The van der Waals surface area contributed by atoms with Gasteiger partial charge in [-0.2, -0.15) is 0 Å². The number of ether oxygens (including phenoxy) is 1. The minimum absolute atomic E-state index is 0.0439. The Hall–Kier alpha value is -3.63. The lowest BCUT2D eigenvalue weighted by atomic mass is 10.1. The summed E-state index contributed by atoms with van der Waals surface area (Å²) in [4.78, 5) is 27.9. The Morgan fingerprint density at radius 2 is 1.64 bits per heavy atom. The standard InChI is InChI=1S/C28H31ClFN3O5S/c1-19(2)31-28(35)20(3)32(17-21-8-10-23(30)11-9-21)27(34)18-33(24-7-5-6-22(29)16-24)39(36,37)26-14-12-25(38-4)13-15-26/h5-16,19-20H,17-18H2,1-4H3,(H,31,35)/t20-/m1/s1. The van der Waals surface area contributed by atoms with Crippen LogP contribution in [0.3, 0.4) is 0 Å². The maximum atomic E-state index is 13.8. The van der Waals surface area contributed by atoms with Crippen LogP contribution in [0.5, 0.6) is 5.75 Å². The van der Waals surface area contributed by atoms with Crippen LogP contribution in [0.15, 0.2) is 77.7 Å². The van der Waals surface area contributed by atoms with Gasteiger partial charge in [-0.3, -0.25) is 13.9 Å². The van der Waals surface area contributed by atoms with Crippen LogP contribution in [-0.4, -0.2) is 50.9 Å². The van der Waals surface area contributed by atoms with E-state index in [1.807, 2.05) is 0 Å². The Labute approximate surface area is 233 Å². The first-order valence-corrected chi connectivity index (χ1v) is 14.0. The lowest BCUT2D eigenvalue weighted by molar-refractivity contribution is -0.139. The van der Waals surface area contributed by atoms with Crippen molar-refractivity contribution in [2.45, 2.75) is 44.3 Å². The van der Waals surface area contributed by atoms with Crippen molar-refractivity contribution in [2.75, 3.05) is 18.0 Å². The van der Waals surface area contributed by atoms with Gasteiger partial charge in [0.25, 0.3) is 10.0 Å². The summed E-state index contributed by atoms with van der Waals surface area (Å²) in [5.74, 6) is -1.02. The van der Waals surface area contributed by atoms with Crippen molar-refractivity contribution in [3.8, 4) is 5.75 Å². The summed E-state index contributed by atoms with van der Waals surface area (Å²) in [7, 11) is -2.78. The third-order valence-electron chi connectivity index (χ3n) is 5.89. The van der Waals surface area contributed by atoms with Crippen molar-refractivity contribution in [2.24, 2.45) is 0 Å². The molecule has 0 radical (unpaired) electrons. The quantitative estimate of drug-likeness (QED) is 0.360. The molecule has 0 aliphatic heterocycles. The highest BCUT2D eigenvalue weighted by Crippen LogP contribution is 2.28. The van der Waals surface area contributed by atoms with Crippen LogP contribution >= 0.6 is 11.6 Å². The molecule has 39 heavy (non-hydrogen) atoms. The zero-order valence-electron chi connectivity index (χ0n) is 22.1. The Morgan fingerprint density at radius 1 is 1.00 bits per heavy atom. The second-order valence-electron chi connectivity index (χ2n) is 9.15. The summed E-state index contributed by atoms with van der Waals surface area (Å²) in [6, 6.07) is 16.3. The molecular weight excluding hydrogens is 545 g/mol. The molecule has 2 amide bonds. The first kappa shape index (κ1) is 29.9. The van der Waals surface area contributed by atoms with Crippen LogP contribution in [0.2, 0.25) is 5.02 Å². The second kappa shape index (κ2) is 12.9. The predicted molar refractivity (Wildman–Crippen MR) is 149 cm³/mol. The van der Waals surface area contributed by atoms with E-state index in [0.29, 0.717) is 11.3 Å². The number of amides is 2. The van der Waals surface area contributed by atoms with Crippen molar-refractivity contribution in [1.29, 1.82) is 0 Å². The molecule has 0 aliphatic carbocycles. The molecule has 0 heterocycles. The van der Waals surface area contributed by atoms with Crippen molar-refractivity contribution in [3.63, 3.8) is 0 Å². The van der Waals surface area contributed by atoms with E-state index in [1.165, 1.54) is 72.7 Å². The molecule has 0 spiro atoms. The van der Waals surface area contributed by atoms with E-state index >= 15 is 0 Å². The summed E-state index contributed by atoms with van der Waals surface area (Å²) in [5, 5.41) is 3.06. The molecule has 0 unspecified atom stereocenters. The minimum Gasteiger partial charge on any atom is -0.497 e. The fraction of sp³-hybridized carbons (Fsp3) is 0.286. The number of hydrogen-bond donors (Lipinski definition) is 1. The van der Waals surface area contributed by atoms with Gasteiger partial charge in [0.05, 0.1) is 17.7 Å². The smallest absolute Gasteiger partial charge is 0.264 e. The molecule has 208 valence electrons. The molecular formula is C28H31ClFN3O5S. The Bertz CT molecular complexity index is 1400. The lowest BCUT2D eigenvalue weighted by Gasteiger charge is -2.32. The van der Waals surface area contributed by atoms with Crippen LogP contribution in [-0.2, 0) is 26.2 Å². The van der Waals surface area contributed by atoms with Crippen LogP contribution in [0.4, 0.5) is 10.1 Å². The lowest BCUT2D eigenvalue weighted by Crippen LogP contribution is -2.52. The van der Waals surface area contributed by atoms with Gasteiger partial charge in [-0.25, -0.2) is 12.8 Å². The number of carbonyl (C=O) groups is 2. The highest BCUT2D eigenvalue weighted by atomic mass is 35.5. The van der Waals surface area contributed by atoms with E-state index in [9.17, 15) is 22.4 Å². The normalized spacial score (nSPS) is 12.1. The number of benzene rings is 3. The Balaban J connectivity index is 2.03. The second-order valence-corrected chi connectivity index (χ2v) is 11.5. The van der Waals surface area contributed by atoms with E-state index in [1.54, 1.807) is 32.9 Å². The molecule has 3 rings (SSSR count). The number of nitrogens with zero attached hydrogens (tertiary/aromatic N) is 2. The molecule has 0 aromatic heterocycles. The molecule has 3 aromatic carbocycles.